The second kappa shape index (κ2) is 6.22. The molecule has 0 saturated carbocycles. The van der Waals surface area contributed by atoms with Crippen LogP contribution in [0.25, 0.3) is 11.5 Å². The van der Waals surface area contributed by atoms with E-state index >= 15 is 0 Å². The molecule has 2 atom stereocenters. The van der Waals surface area contributed by atoms with Crippen molar-refractivity contribution in [2.45, 2.75) is 31.8 Å². The molecule has 3 fully saturated rings. The van der Waals surface area contributed by atoms with E-state index < -0.39 is 0 Å². The van der Waals surface area contributed by atoms with Crippen molar-refractivity contribution < 1.29 is 9.21 Å². The Balaban J connectivity index is 1.49. The number of amides is 1. The van der Waals surface area contributed by atoms with E-state index in [1.165, 1.54) is 0 Å². The molecule has 5 heterocycles. The van der Waals surface area contributed by atoms with E-state index in [1.54, 1.807) is 18.2 Å². The average Bonchev–Trinajstić information content (AvgIpc) is 3.09. The van der Waals surface area contributed by atoms with Crippen molar-refractivity contribution in [1.29, 1.82) is 0 Å². The van der Waals surface area contributed by atoms with Gasteiger partial charge < -0.3 is 9.73 Å². The highest BCUT2D eigenvalue weighted by atomic mass is 35.5. The summed E-state index contributed by atoms with van der Waals surface area (Å²) >= 11 is 5.91. The molecular weight excluding hydrogens is 326 g/mol. The van der Waals surface area contributed by atoms with Crippen LogP contribution < -0.4 is 5.32 Å². The first-order valence-corrected chi connectivity index (χ1v) is 8.77. The molecule has 3 saturated heterocycles. The van der Waals surface area contributed by atoms with Crippen molar-refractivity contribution >= 4 is 17.5 Å². The van der Waals surface area contributed by atoms with Gasteiger partial charge >= 0.3 is 0 Å². The lowest BCUT2D eigenvalue weighted by molar-refractivity contribution is 0.0211. The highest BCUT2D eigenvalue weighted by Gasteiger charge is 2.40. The van der Waals surface area contributed by atoms with E-state index in [-0.39, 0.29) is 11.9 Å². The van der Waals surface area contributed by atoms with Crippen LogP contribution >= 0.6 is 11.6 Å². The Morgan fingerprint density at radius 2 is 2.08 bits per heavy atom. The van der Waals surface area contributed by atoms with Gasteiger partial charge in [0.1, 0.15) is 10.8 Å². The van der Waals surface area contributed by atoms with Gasteiger partial charge in [-0.05, 0) is 63.0 Å². The molecule has 3 aliphatic heterocycles. The average molecular weight is 346 g/mol. The quantitative estimate of drug-likeness (QED) is 0.868. The number of rotatable bonds is 3. The third-order valence-corrected chi connectivity index (χ3v) is 5.48. The summed E-state index contributed by atoms with van der Waals surface area (Å²) in [4.78, 5) is 19.2. The van der Waals surface area contributed by atoms with E-state index in [4.69, 9.17) is 16.0 Å². The summed E-state index contributed by atoms with van der Waals surface area (Å²) in [6.07, 6.45) is 2.32. The molecule has 0 aromatic carbocycles. The molecule has 3 aliphatic rings. The first-order chi connectivity index (χ1) is 11.6. The number of pyridine rings is 1. The Morgan fingerprint density at radius 1 is 1.29 bits per heavy atom. The molecule has 0 spiro atoms. The van der Waals surface area contributed by atoms with Crippen molar-refractivity contribution in [2.24, 2.45) is 5.92 Å². The van der Waals surface area contributed by atoms with Crippen molar-refractivity contribution in [1.82, 2.24) is 15.2 Å². The Kier molecular flexibility index (Phi) is 4.06. The topological polar surface area (TPSA) is 58.4 Å². The van der Waals surface area contributed by atoms with Crippen LogP contribution in [-0.2, 0) is 0 Å². The number of hydrogen-bond donors (Lipinski definition) is 1. The molecule has 2 aromatic rings. The minimum atomic E-state index is -0.158. The van der Waals surface area contributed by atoms with Crippen LogP contribution in [0.15, 0.2) is 34.7 Å². The molecule has 6 heteroatoms. The predicted molar refractivity (Wildman–Crippen MR) is 92.0 cm³/mol. The first-order valence-electron chi connectivity index (χ1n) is 8.39. The van der Waals surface area contributed by atoms with Crippen LogP contribution in [0.1, 0.15) is 30.3 Å². The zero-order chi connectivity index (χ0) is 16.7. The van der Waals surface area contributed by atoms with E-state index in [9.17, 15) is 4.79 Å². The molecule has 5 rings (SSSR count). The number of fused-ring (bicyclic) bond motifs is 3. The summed E-state index contributed by atoms with van der Waals surface area (Å²) in [5, 5.41) is 3.57. The lowest BCUT2D eigenvalue weighted by atomic mass is 9.79. The fourth-order valence-corrected chi connectivity index (χ4v) is 4.07. The summed E-state index contributed by atoms with van der Waals surface area (Å²) < 4.78 is 5.70. The predicted octanol–water partition coefficient (Wildman–Crippen LogP) is 3.21. The van der Waals surface area contributed by atoms with Gasteiger partial charge in [0.2, 0.25) is 0 Å². The normalized spacial score (nSPS) is 28.8. The lowest BCUT2D eigenvalue weighted by Gasteiger charge is -2.49. The molecule has 0 radical (unpaired) electrons. The van der Waals surface area contributed by atoms with Gasteiger partial charge in [0, 0.05) is 12.1 Å². The summed E-state index contributed by atoms with van der Waals surface area (Å²) in [6, 6.07) is 9.34. The Hall–Kier alpha value is -1.85. The van der Waals surface area contributed by atoms with Gasteiger partial charge in [-0.3, -0.25) is 9.69 Å². The maximum Gasteiger partial charge on any atom is 0.287 e. The van der Waals surface area contributed by atoms with E-state index in [1.807, 2.05) is 12.1 Å². The molecule has 1 N–H and O–H groups in total. The zero-order valence-electron chi connectivity index (χ0n) is 13.5. The maximum absolute atomic E-state index is 12.6. The van der Waals surface area contributed by atoms with Gasteiger partial charge in [0.05, 0.1) is 0 Å². The monoisotopic (exact) mass is 345 g/mol. The molecule has 2 bridgehead atoms. The van der Waals surface area contributed by atoms with Crippen LogP contribution in [0.5, 0.6) is 0 Å². The number of furan rings is 1. The van der Waals surface area contributed by atoms with Crippen molar-refractivity contribution in [2.75, 3.05) is 13.1 Å². The number of hydrogen-bond acceptors (Lipinski definition) is 4. The largest absolute Gasteiger partial charge is 0.449 e. The van der Waals surface area contributed by atoms with Crippen LogP contribution in [0, 0.1) is 5.92 Å². The van der Waals surface area contributed by atoms with Gasteiger partial charge in [-0.2, -0.15) is 0 Å². The summed E-state index contributed by atoms with van der Waals surface area (Å²) in [6.45, 7) is 4.48. The van der Waals surface area contributed by atoms with Gasteiger partial charge in [0.25, 0.3) is 5.91 Å². The molecule has 2 aromatic heterocycles. The van der Waals surface area contributed by atoms with E-state index in [0.29, 0.717) is 34.3 Å². The van der Waals surface area contributed by atoms with Crippen molar-refractivity contribution in [3.05, 3.63) is 41.2 Å². The van der Waals surface area contributed by atoms with E-state index in [2.05, 4.69) is 22.1 Å². The lowest BCUT2D eigenvalue weighted by Crippen LogP contribution is -2.62. The van der Waals surface area contributed by atoms with Gasteiger partial charge in [0.15, 0.2) is 11.5 Å². The van der Waals surface area contributed by atoms with E-state index in [0.717, 1.165) is 25.9 Å². The second-order valence-corrected chi connectivity index (χ2v) is 7.01. The van der Waals surface area contributed by atoms with Crippen molar-refractivity contribution in [3.8, 4) is 11.5 Å². The summed E-state index contributed by atoms with van der Waals surface area (Å²) in [5.41, 5.74) is 0.623. The minimum absolute atomic E-state index is 0.158. The minimum Gasteiger partial charge on any atom is -0.449 e. The molecular formula is C18H20ClN3O2. The Bertz CT molecular complexity index is 750. The second-order valence-electron chi connectivity index (χ2n) is 6.62. The number of nitrogens with zero attached hydrogens (tertiary/aromatic N) is 2. The van der Waals surface area contributed by atoms with Gasteiger partial charge in [-0.15, -0.1) is 0 Å². The summed E-state index contributed by atoms with van der Waals surface area (Å²) in [7, 11) is 0. The van der Waals surface area contributed by atoms with Gasteiger partial charge in [-0.1, -0.05) is 17.7 Å². The van der Waals surface area contributed by atoms with Crippen LogP contribution in [0.2, 0.25) is 5.15 Å². The highest BCUT2D eigenvalue weighted by Crippen LogP contribution is 2.32. The highest BCUT2D eigenvalue weighted by molar-refractivity contribution is 6.29. The number of piperidine rings is 3. The maximum atomic E-state index is 12.6. The van der Waals surface area contributed by atoms with Crippen LogP contribution in [0.4, 0.5) is 0 Å². The van der Waals surface area contributed by atoms with Crippen LogP contribution in [-0.4, -0.2) is 41.0 Å². The molecule has 126 valence electrons. The standard InChI is InChI=1S/C18H20ClN3O2/c1-11-17(12-7-9-22(11)10-8-12)21-18(23)15-6-5-14(24-15)13-3-2-4-16(19)20-13/h2-6,11-12,17H,7-10H2,1H3,(H,21,23)/t11-,17+/m1/s1. The Morgan fingerprint density at radius 3 is 2.79 bits per heavy atom. The van der Waals surface area contributed by atoms with Gasteiger partial charge in [-0.25, -0.2) is 4.98 Å². The number of nitrogens with one attached hydrogen (secondary N) is 1. The molecule has 0 unspecified atom stereocenters. The molecule has 0 aliphatic carbocycles. The zero-order valence-corrected chi connectivity index (χ0v) is 14.3. The third kappa shape index (κ3) is 2.82. The summed E-state index contributed by atoms with van der Waals surface area (Å²) in [5.74, 6) is 1.27. The van der Waals surface area contributed by atoms with Crippen LogP contribution in [0.3, 0.4) is 0 Å². The number of aromatic nitrogens is 1. The number of carbonyl (C=O) groups excluding carboxylic acids is 1. The Labute approximate surface area is 146 Å². The molecule has 1 amide bonds. The fourth-order valence-electron chi connectivity index (χ4n) is 3.91. The smallest absolute Gasteiger partial charge is 0.287 e. The third-order valence-electron chi connectivity index (χ3n) is 5.27. The number of carbonyl (C=O) groups is 1. The van der Waals surface area contributed by atoms with Crippen molar-refractivity contribution in [3.63, 3.8) is 0 Å². The first kappa shape index (κ1) is 15.7. The molecule has 24 heavy (non-hydrogen) atoms. The SMILES string of the molecule is C[C@@H]1[C@H](NC(=O)c2ccc(-c3cccc(Cl)n3)o2)C2CCN1CC2. The molecule has 5 nitrogen and oxygen atoms in total. The fraction of sp³-hybridized carbons (Fsp3) is 0.444. The number of halogens is 1.